The van der Waals surface area contributed by atoms with Crippen LogP contribution in [-0.2, 0) is 12.5 Å². The molecule has 0 spiro atoms. The minimum atomic E-state index is -5.13. The Labute approximate surface area is 239 Å². The minimum Gasteiger partial charge on any atom is -0.429 e. The lowest BCUT2D eigenvalue weighted by molar-refractivity contribution is -0.275. The molecule has 0 heterocycles. The van der Waals surface area contributed by atoms with Gasteiger partial charge in [0.2, 0.25) is 0 Å². The maximum Gasteiger partial charge on any atom is 0.573 e. The molecule has 2 aromatic rings. The van der Waals surface area contributed by atoms with Crippen molar-refractivity contribution in [1.29, 1.82) is 0 Å². The molecule has 0 aliphatic heterocycles. The topological polar surface area (TPSA) is 18.5 Å². The lowest BCUT2D eigenvalue weighted by Crippen LogP contribution is -2.26. The number of alkyl halides is 5. The lowest BCUT2D eigenvalue weighted by Gasteiger charge is -2.38. The molecule has 8 heteroatoms. The fourth-order valence-corrected chi connectivity index (χ4v) is 6.77. The zero-order valence-corrected chi connectivity index (χ0v) is 23.8. The molecule has 2 saturated carbocycles. The fraction of sp³-hybridized carbons (Fsp3) is 0.636. The van der Waals surface area contributed by atoms with Crippen LogP contribution >= 0.6 is 0 Å². The van der Waals surface area contributed by atoms with Crippen molar-refractivity contribution < 1.29 is 35.8 Å². The molecule has 2 aromatic carbocycles. The van der Waals surface area contributed by atoms with Crippen molar-refractivity contribution in [3.63, 3.8) is 0 Å². The predicted molar refractivity (Wildman–Crippen MR) is 147 cm³/mol. The minimum absolute atomic E-state index is 0.115. The summed E-state index contributed by atoms with van der Waals surface area (Å²) in [6, 6.07) is 7.81. The van der Waals surface area contributed by atoms with Crippen molar-refractivity contribution in [2.24, 2.45) is 23.7 Å². The lowest BCUT2D eigenvalue weighted by atomic mass is 9.68. The van der Waals surface area contributed by atoms with Gasteiger partial charge < -0.3 is 9.47 Å². The van der Waals surface area contributed by atoms with Gasteiger partial charge in [-0.2, -0.15) is 8.78 Å². The number of unbranched alkanes of at least 4 members (excludes halogenated alkanes) is 2. The standard InChI is InChI=1S/C33H42F6O2/c1-2-3-4-5-23-8-14-26(15-9-23)27-16-10-24(11-17-27)6-7-25-12-19-29(20-13-25)40-32(35,36)28-18-21-31(30(34)22-28)41-33(37,38)39/h12-13,18-24,26-27H,2-11,14-17H2,1H3. The van der Waals surface area contributed by atoms with Crippen LogP contribution in [0.5, 0.6) is 11.5 Å². The summed E-state index contributed by atoms with van der Waals surface area (Å²) in [5, 5.41) is 0. The van der Waals surface area contributed by atoms with Crippen LogP contribution in [0.3, 0.4) is 0 Å². The van der Waals surface area contributed by atoms with E-state index in [0.717, 1.165) is 36.2 Å². The van der Waals surface area contributed by atoms with Crippen LogP contribution in [0.15, 0.2) is 42.5 Å². The third-order valence-corrected chi connectivity index (χ3v) is 9.17. The molecule has 4 rings (SSSR count). The van der Waals surface area contributed by atoms with E-state index in [0.29, 0.717) is 18.1 Å². The molecular formula is C33H42F6O2. The number of hydrogen-bond donors (Lipinski definition) is 0. The van der Waals surface area contributed by atoms with Gasteiger partial charge in [-0.1, -0.05) is 70.4 Å². The first-order valence-electron chi connectivity index (χ1n) is 15.2. The molecule has 0 radical (unpaired) electrons. The molecule has 0 amide bonds. The van der Waals surface area contributed by atoms with E-state index < -0.39 is 29.6 Å². The molecule has 0 bridgehead atoms. The van der Waals surface area contributed by atoms with Gasteiger partial charge in [-0.3, -0.25) is 0 Å². The first-order valence-corrected chi connectivity index (χ1v) is 15.2. The summed E-state index contributed by atoms with van der Waals surface area (Å²) in [5.41, 5.74) is 0.119. The molecule has 0 atom stereocenters. The first-order chi connectivity index (χ1) is 19.5. The van der Waals surface area contributed by atoms with Gasteiger partial charge in [0.05, 0.1) is 5.56 Å². The Hall–Kier alpha value is -2.38. The second-order valence-electron chi connectivity index (χ2n) is 12.1. The van der Waals surface area contributed by atoms with E-state index >= 15 is 0 Å². The maximum atomic E-state index is 14.6. The highest BCUT2D eigenvalue weighted by molar-refractivity contribution is 5.33. The Morgan fingerprint density at radius 1 is 0.707 bits per heavy atom. The Morgan fingerprint density at radius 3 is 1.83 bits per heavy atom. The van der Waals surface area contributed by atoms with Crippen LogP contribution in [0.2, 0.25) is 0 Å². The van der Waals surface area contributed by atoms with Crippen molar-refractivity contribution in [2.75, 3.05) is 0 Å². The van der Waals surface area contributed by atoms with Crippen LogP contribution in [-0.4, -0.2) is 6.36 Å². The molecule has 0 aromatic heterocycles. The molecule has 41 heavy (non-hydrogen) atoms. The van der Waals surface area contributed by atoms with Crippen molar-refractivity contribution in [2.45, 2.75) is 109 Å². The fourth-order valence-electron chi connectivity index (χ4n) is 6.77. The molecule has 0 saturated heterocycles. The highest BCUT2D eigenvalue weighted by Crippen LogP contribution is 2.43. The monoisotopic (exact) mass is 584 g/mol. The van der Waals surface area contributed by atoms with E-state index in [1.165, 1.54) is 89.2 Å². The Morgan fingerprint density at radius 2 is 1.29 bits per heavy atom. The predicted octanol–water partition coefficient (Wildman–Crippen LogP) is 11.0. The Bertz CT molecular complexity index is 1070. The quantitative estimate of drug-likeness (QED) is 0.183. The van der Waals surface area contributed by atoms with Gasteiger partial charge >= 0.3 is 12.5 Å². The molecular weight excluding hydrogens is 542 g/mol. The van der Waals surface area contributed by atoms with Crippen LogP contribution in [0.1, 0.15) is 102 Å². The second kappa shape index (κ2) is 14.2. The highest BCUT2D eigenvalue weighted by atomic mass is 19.4. The average molecular weight is 585 g/mol. The smallest absolute Gasteiger partial charge is 0.429 e. The van der Waals surface area contributed by atoms with Gasteiger partial charge in [-0.05, 0) is 98.1 Å². The van der Waals surface area contributed by atoms with Gasteiger partial charge in [0.15, 0.2) is 11.6 Å². The van der Waals surface area contributed by atoms with Crippen molar-refractivity contribution in [1.82, 2.24) is 0 Å². The van der Waals surface area contributed by atoms with E-state index in [-0.39, 0.29) is 11.8 Å². The zero-order chi connectivity index (χ0) is 29.5. The van der Waals surface area contributed by atoms with Gasteiger partial charge in [0.25, 0.3) is 0 Å². The number of ether oxygens (including phenoxy) is 2. The average Bonchev–Trinajstić information content (AvgIpc) is 2.94. The van der Waals surface area contributed by atoms with Gasteiger partial charge in [0, 0.05) is 0 Å². The van der Waals surface area contributed by atoms with Crippen LogP contribution in [0.4, 0.5) is 26.3 Å². The van der Waals surface area contributed by atoms with Crippen LogP contribution in [0, 0.1) is 29.5 Å². The molecule has 2 nitrogen and oxygen atoms in total. The van der Waals surface area contributed by atoms with Crippen LogP contribution in [0.25, 0.3) is 0 Å². The zero-order valence-electron chi connectivity index (χ0n) is 23.8. The number of hydrogen-bond acceptors (Lipinski definition) is 2. The molecule has 0 N–H and O–H groups in total. The number of benzene rings is 2. The van der Waals surface area contributed by atoms with Crippen molar-refractivity contribution in [3.05, 3.63) is 59.4 Å². The molecule has 2 aliphatic rings. The van der Waals surface area contributed by atoms with Crippen molar-refractivity contribution in [3.8, 4) is 11.5 Å². The SMILES string of the molecule is CCCCCC1CCC(C2CCC(CCc3ccc(OC(F)(F)c4ccc(OC(F)(F)F)c(F)c4)cc3)CC2)CC1. The van der Waals surface area contributed by atoms with E-state index in [4.69, 9.17) is 4.74 Å². The summed E-state index contributed by atoms with van der Waals surface area (Å²) in [6.07, 6.45) is 9.15. The maximum absolute atomic E-state index is 14.6. The Kier molecular flexibility index (Phi) is 10.9. The summed E-state index contributed by atoms with van der Waals surface area (Å²) in [6.45, 7) is 2.27. The van der Waals surface area contributed by atoms with Gasteiger partial charge in [-0.15, -0.1) is 13.2 Å². The largest absolute Gasteiger partial charge is 0.573 e. The van der Waals surface area contributed by atoms with E-state index in [9.17, 15) is 26.3 Å². The second-order valence-corrected chi connectivity index (χ2v) is 12.1. The molecule has 228 valence electrons. The van der Waals surface area contributed by atoms with E-state index in [2.05, 4.69) is 11.7 Å². The summed E-state index contributed by atoms with van der Waals surface area (Å²) in [5.74, 6) is 0.572. The van der Waals surface area contributed by atoms with Gasteiger partial charge in [0.1, 0.15) is 5.75 Å². The first kappa shape index (κ1) is 31.6. The van der Waals surface area contributed by atoms with Crippen LogP contribution < -0.4 is 9.47 Å². The summed E-state index contributed by atoms with van der Waals surface area (Å²) < 4.78 is 88.2. The van der Waals surface area contributed by atoms with E-state index in [1.54, 1.807) is 12.1 Å². The molecule has 2 fully saturated rings. The summed E-state index contributed by atoms with van der Waals surface area (Å²) >= 11 is 0. The highest BCUT2D eigenvalue weighted by Gasteiger charge is 2.37. The third-order valence-electron chi connectivity index (χ3n) is 9.17. The third kappa shape index (κ3) is 9.57. The molecule has 0 unspecified atom stereocenters. The van der Waals surface area contributed by atoms with E-state index in [1.807, 2.05) is 0 Å². The normalized spacial score (nSPS) is 23.8. The summed E-state index contributed by atoms with van der Waals surface area (Å²) in [7, 11) is 0. The number of rotatable bonds is 12. The molecule has 2 aliphatic carbocycles. The van der Waals surface area contributed by atoms with Crippen molar-refractivity contribution >= 4 is 0 Å². The van der Waals surface area contributed by atoms with Gasteiger partial charge in [-0.25, -0.2) is 4.39 Å². The number of aryl methyl sites for hydroxylation is 1. The number of halogens is 6. The Balaban J connectivity index is 1.19. The summed E-state index contributed by atoms with van der Waals surface area (Å²) in [4.78, 5) is 0.